The van der Waals surface area contributed by atoms with E-state index in [4.69, 9.17) is 5.73 Å². The van der Waals surface area contributed by atoms with Gasteiger partial charge in [0.15, 0.2) is 0 Å². The summed E-state index contributed by atoms with van der Waals surface area (Å²) >= 11 is 1.69. The first-order valence-electron chi connectivity index (χ1n) is 5.41. The van der Waals surface area contributed by atoms with Crippen LogP contribution in [0.5, 0.6) is 0 Å². The van der Waals surface area contributed by atoms with Crippen molar-refractivity contribution in [2.75, 3.05) is 0 Å². The van der Waals surface area contributed by atoms with Crippen LogP contribution in [0.3, 0.4) is 0 Å². The van der Waals surface area contributed by atoms with Crippen molar-refractivity contribution in [1.82, 2.24) is 4.98 Å². The Kier molecular flexibility index (Phi) is 3.19. The van der Waals surface area contributed by atoms with Crippen LogP contribution in [0, 0.1) is 11.8 Å². The summed E-state index contributed by atoms with van der Waals surface area (Å²) < 4.78 is 0. The standard InChI is InChI=1S/C11H18N2S/c1-8-2-4-9(5-3-8)11(12)10-6-13-7-14-10/h6-9,11H,2-5,12H2,1H3. The summed E-state index contributed by atoms with van der Waals surface area (Å²) in [7, 11) is 0. The van der Waals surface area contributed by atoms with Crippen LogP contribution in [0.1, 0.15) is 43.5 Å². The third-order valence-electron chi connectivity index (χ3n) is 3.35. The molecular weight excluding hydrogens is 192 g/mol. The monoisotopic (exact) mass is 210 g/mol. The summed E-state index contributed by atoms with van der Waals surface area (Å²) in [5, 5.41) is 0. The molecule has 0 aromatic carbocycles. The molecule has 1 atom stereocenters. The molecule has 2 nitrogen and oxygen atoms in total. The lowest BCUT2D eigenvalue weighted by Gasteiger charge is -2.29. The predicted octanol–water partition coefficient (Wildman–Crippen LogP) is 2.97. The van der Waals surface area contributed by atoms with Crippen LogP contribution < -0.4 is 5.73 Å². The van der Waals surface area contributed by atoms with Crippen molar-refractivity contribution < 1.29 is 0 Å². The second-order valence-electron chi connectivity index (χ2n) is 4.45. The Bertz CT molecular complexity index is 263. The quantitative estimate of drug-likeness (QED) is 0.815. The van der Waals surface area contributed by atoms with Crippen molar-refractivity contribution in [2.24, 2.45) is 17.6 Å². The van der Waals surface area contributed by atoms with Crippen LogP contribution in [-0.2, 0) is 0 Å². The van der Waals surface area contributed by atoms with Gasteiger partial charge in [0.25, 0.3) is 0 Å². The molecule has 0 saturated heterocycles. The molecule has 1 aromatic heterocycles. The molecule has 1 fully saturated rings. The molecule has 0 aliphatic heterocycles. The fourth-order valence-electron chi connectivity index (χ4n) is 2.27. The first-order valence-corrected chi connectivity index (χ1v) is 6.29. The number of nitrogens with two attached hydrogens (primary N) is 1. The second kappa shape index (κ2) is 4.41. The molecule has 0 amide bonds. The smallest absolute Gasteiger partial charge is 0.0794 e. The summed E-state index contributed by atoms with van der Waals surface area (Å²) in [5.74, 6) is 1.59. The van der Waals surface area contributed by atoms with E-state index in [2.05, 4.69) is 11.9 Å². The molecule has 1 aliphatic carbocycles. The van der Waals surface area contributed by atoms with E-state index in [0.29, 0.717) is 5.92 Å². The second-order valence-corrected chi connectivity index (χ2v) is 5.37. The Labute approximate surface area is 89.5 Å². The Morgan fingerprint density at radius 2 is 2.14 bits per heavy atom. The van der Waals surface area contributed by atoms with Crippen molar-refractivity contribution in [3.05, 3.63) is 16.6 Å². The zero-order valence-corrected chi connectivity index (χ0v) is 9.46. The summed E-state index contributed by atoms with van der Waals surface area (Å²) in [6, 6.07) is 0.231. The molecule has 1 aliphatic rings. The van der Waals surface area contributed by atoms with Crippen LogP contribution in [0.4, 0.5) is 0 Å². The van der Waals surface area contributed by atoms with Gasteiger partial charge in [-0.3, -0.25) is 4.98 Å². The minimum absolute atomic E-state index is 0.231. The van der Waals surface area contributed by atoms with Gasteiger partial charge in [-0.2, -0.15) is 0 Å². The van der Waals surface area contributed by atoms with Gasteiger partial charge in [-0.15, -0.1) is 11.3 Å². The lowest BCUT2D eigenvalue weighted by Crippen LogP contribution is -2.24. The molecule has 2 N–H and O–H groups in total. The summed E-state index contributed by atoms with van der Waals surface area (Å²) in [6.07, 6.45) is 7.20. The number of aromatic nitrogens is 1. The Morgan fingerprint density at radius 1 is 1.43 bits per heavy atom. The van der Waals surface area contributed by atoms with Gasteiger partial charge in [-0.25, -0.2) is 0 Å². The molecule has 2 rings (SSSR count). The van der Waals surface area contributed by atoms with Crippen LogP contribution in [-0.4, -0.2) is 4.98 Å². The summed E-state index contributed by atoms with van der Waals surface area (Å²) in [6.45, 7) is 2.34. The zero-order valence-electron chi connectivity index (χ0n) is 8.65. The summed E-state index contributed by atoms with van der Waals surface area (Å²) in [4.78, 5) is 5.35. The minimum Gasteiger partial charge on any atom is -0.323 e. The molecule has 78 valence electrons. The van der Waals surface area contributed by atoms with E-state index in [1.54, 1.807) is 11.3 Å². The van der Waals surface area contributed by atoms with E-state index < -0.39 is 0 Å². The zero-order chi connectivity index (χ0) is 9.97. The van der Waals surface area contributed by atoms with Crippen molar-refractivity contribution >= 4 is 11.3 Å². The van der Waals surface area contributed by atoms with Crippen molar-refractivity contribution in [1.29, 1.82) is 0 Å². The van der Waals surface area contributed by atoms with E-state index in [1.165, 1.54) is 30.6 Å². The third kappa shape index (κ3) is 2.15. The number of thiazole rings is 1. The van der Waals surface area contributed by atoms with Crippen LogP contribution in [0.15, 0.2) is 11.7 Å². The number of nitrogens with zero attached hydrogens (tertiary/aromatic N) is 1. The maximum atomic E-state index is 6.23. The van der Waals surface area contributed by atoms with E-state index in [1.807, 2.05) is 11.7 Å². The third-order valence-corrected chi connectivity index (χ3v) is 4.23. The number of hydrogen-bond donors (Lipinski definition) is 1. The Balaban J connectivity index is 1.95. The van der Waals surface area contributed by atoms with Crippen molar-refractivity contribution in [2.45, 2.75) is 38.6 Å². The van der Waals surface area contributed by atoms with E-state index in [-0.39, 0.29) is 6.04 Å². The summed E-state index contributed by atoms with van der Waals surface area (Å²) in [5.41, 5.74) is 8.11. The molecule has 0 spiro atoms. The largest absolute Gasteiger partial charge is 0.323 e. The highest BCUT2D eigenvalue weighted by atomic mass is 32.1. The van der Waals surface area contributed by atoms with Crippen molar-refractivity contribution in [3.8, 4) is 0 Å². The molecule has 1 aromatic rings. The maximum absolute atomic E-state index is 6.23. The lowest BCUT2D eigenvalue weighted by atomic mass is 9.79. The van der Waals surface area contributed by atoms with Crippen molar-refractivity contribution in [3.63, 3.8) is 0 Å². The normalized spacial score (nSPS) is 30.1. The SMILES string of the molecule is CC1CCC(C(N)c2cncs2)CC1. The molecule has 0 bridgehead atoms. The average molecular weight is 210 g/mol. The first-order chi connectivity index (χ1) is 6.77. The van der Waals surface area contributed by atoms with Gasteiger partial charge in [0.2, 0.25) is 0 Å². The van der Waals surface area contributed by atoms with Gasteiger partial charge in [-0.05, 0) is 24.7 Å². The number of rotatable bonds is 2. The van der Waals surface area contributed by atoms with Gasteiger partial charge in [0.05, 0.1) is 5.51 Å². The average Bonchev–Trinajstić information content (AvgIpc) is 2.71. The van der Waals surface area contributed by atoms with E-state index in [9.17, 15) is 0 Å². The van der Waals surface area contributed by atoms with Gasteiger partial charge in [-0.1, -0.05) is 19.8 Å². The Morgan fingerprint density at radius 3 is 2.71 bits per heavy atom. The fraction of sp³-hybridized carbons (Fsp3) is 0.727. The van der Waals surface area contributed by atoms with Gasteiger partial charge >= 0.3 is 0 Å². The highest BCUT2D eigenvalue weighted by Gasteiger charge is 2.25. The topological polar surface area (TPSA) is 38.9 Å². The molecular formula is C11H18N2S. The molecule has 1 unspecified atom stereocenters. The Hall–Kier alpha value is -0.410. The van der Waals surface area contributed by atoms with Crippen LogP contribution in [0.25, 0.3) is 0 Å². The lowest BCUT2D eigenvalue weighted by molar-refractivity contribution is 0.257. The van der Waals surface area contributed by atoms with Gasteiger partial charge in [0, 0.05) is 17.1 Å². The fourth-order valence-corrected chi connectivity index (χ4v) is 2.98. The van der Waals surface area contributed by atoms with Gasteiger partial charge < -0.3 is 5.73 Å². The first kappa shape index (κ1) is 10.1. The molecule has 1 heterocycles. The highest BCUT2D eigenvalue weighted by Crippen LogP contribution is 2.36. The minimum atomic E-state index is 0.231. The van der Waals surface area contributed by atoms with Gasteiger partial charge in [0.1, 0.15) is 0 Å². The molecule has 3 heteroatoms. The molecule has 1 saturated carbocycles. The van der Waals surface area contributed by atoms with E-state index in [0.717, 1.165) is 5.92 Å². The van der Waals surface area contributed by atoms with E-state index >= 15 is 0 Å². The highest BCUT2D eigenvalue weighted by molar-refractivity contribution is 7.09. The van der Waals surface area contributed by atoms with Crippen LogP contribution in [0.2, 0.25) is 0 Å². The molecule has 14 heavy (non-hydrogen) atoms. The maximum Gasteiger partial charge on any atom is 0.0794 e. The molecule has 0 radical (unpaired) electrons. The number of hydrogen-bond acceptors (Lipinski definition) is 3. The van der Waals surface area contributed by atoms with Crippen LogP contribution >= 0.6 is 11.3 Å². The predicted molar refractivity (Wildman–Crippen MR) is 60.2 cm³/mol.